The minimum Gasteiger partial charge on any atom is -0.478 e. The topological polar surface area (TPSA) is 145 Å². The zero-order chi connectivity index (χ0) is 21.8. The van der Waals surface area contributed by atoms with Crippen molar-refractivity contribution in [3.8, 4) is 0 Å². The number of thioether (sulfide) groups is 1. The molecule has 2 amide bonds. The van der Waals surface area contributed by atoms with Crippen molar-refractivity contribution in [2.24, 2.45) is 0 Å². The quantitative estimate of drug-likeness (QED) is 0.275. The first kappa shape index (κ1) is 21.5. The van der Waals surface area contributed by atoms with Crippen molar-refractivity contribution in [3.05, 3.63) is 41.9 Å². The van der Waals surface area contributed by atoms with E-state index in [1.54, 1.807) is 23.5 Å². The van der Waals surface area contributed by atoms with E-state index in [1.165, 1.54) is 23.9 Å². The number of hydrogen-bond acceptors (Lipinski definition) is 6. The van der Waals surface area contributed by atoms with Gasteiger partial charge < -0.3 is 20.4 Å². The number of ketones is 1. The Bertz CT molecular complexity index is 929. The van der Waals surface area contributed by atoms with Crippen LogP contribution in [0.25, 0.3) is 0 Å². The fourth-order valence-corrected chi connectivity index (χ4v) is 4.40. The Hall–Kier alpha value is -3.21. The summed E-state index contributed by atoms with van der Waals surface area (Å²) >= 11 is 1.52. The maximum atomic E-state index is 12.4. The van der Waals surface area contributed by atoms with Crippen LogP contribution in [0.5, 0.6) is 0 Å². The van der Waals surface area contributed by atoms with Crippen LogP contribution in [-0.4, -0.2) is 61.8 Å². The molecule has 2 atom stereocenters. The third kappa shape index (κ3) is 4.85. The van der Waals surface area contributed by atoms with Crippen LogP contribution in [0, 0.1) is 0 Å². The molecule has 10 nitrogen and oxygen atoms in total. The van der Waals surface area contributed by atoms with Crippen molar-refractivity contribution in [2.45, 2.75) is 37.2 Å². The molecule has 1 fully saturated rings. The van der Waals surface area contributed by atoms with Crippen LogP contribution in [0.15, 0.2) is 36.3 Å². The number of amides is 2. The summed E-state index contributed by atoms with van der Waals surface area (Å²) in [5.74, 6) is -3.42. The molecule has 0 radical (unpaired) electrons. The van der Waals surface area contributed by atoms with Gasteiger partial charge in [-0.05, 0) is 6.42 Å². The van der Waals surface area contributed by atoms with Crippen LogP contribution in [0.4, 0.5) is 0 Å². The number of β-lactam (4-membered cyclic amide) rings is 1. The van der Waals surface area contributed by atoms with Gasteiger partial charge in [-0.3, -0.25) is 14.4 Å². The first-order chi connectivity index (χ1) is 14.3. The molecule has 1 aromatic heterocycles. The number of carbonyl (C=O) groups is 5. The van der Waals surface area contributed by atoms with E-state index in [1.807, 2.05) is 4.57 Å². The average molecular weight is 434 g/mol. The molecular formula is C19H20N3O7S+. The van der Waals surface area contributed by atoms with Crippen LogP contribution < -0.4 is 9.88 Å². The van der Waals surface area contributed by atoms with Crippen molar-refractivity contribution < 1.29 is 38.8 Å². The molecule has 0 saturated carbocycles. The van der Waals surface area contributed by atoms with E-state index in [9.17, 15) is 24.0 Å². The second kappa shape index (κ2) is 9.08. The zero-order valence-electron chi connectivity index (χ0n) is 15.8. The van der Waals surface area contributed by atoms with Crippen molar-refractivity contribution in [1.29, 1.82) is 0 Å². The molecule has 158 valence electrons. The number of pyridine rings is 1. The molecule has 3 rings (SSSR count). The second-order valence-electron chi connectivity index (χ2n) is 6.93. The van der Waals surface area contributed by atoms with Crippen LogP contribution in [0.3, 0.4) is 0 Å². The third-order valence-electron chi connectivity index (χ3n) is 4.73. The molecule has 30 heavy (non-hydrogen) atoms. The van der Waals surface area contributed by atoms with E-state index in [0.29, 0.717) is 12.3 Å². The molecule has 1 aromatic rings. The number of carboxylic acids is 2. The number of aliphatic carboxylic acids is 1. The maximum Gasteiger partial charge on any atom is 0.372 e. The molecule has 0 spiro atoms. The van der Waals surface area contributed by atoms with E-state index < -0.39 is 29.7 Å². The number of nitrogens with zero attached hydrogens (tertiary/aromatic N) is 2. The summed E-state index contributed by atoms with van der Waals surface area (Å²) in [6.45, 7) is 0.512. The predicted molar refractivity (Wildman–Crippen MR) is 103 cm³/mol. The van der Waals surface area contributed by atoms with E-state index in [4.69, 9.17) is 10.2 Å². The molecule has 0 bridgehead atoms. The van der Waals surface area contributed by atoms with Crippen LogP contribution in [0.2, 0.25) is 0 Å². The first-order valence-corrected chi connectivity index (χ1v) is 10.2. The van der Waals surface area contributed by atoms with Crippen LogP contribution in [-0.2, 0) is 25.7 Å². The lowest BCUT2D eigenvalue weighted by atomic mass is 10.1. The van der Waals surface area contributed by atoms with Gasteiger partial charge in [0.25, 0.3) is 5.91 Å². The largest absolute Gasteiger partial charge is 0.478 e. The maximum absolute atomic E-state index is 12.4. The predicted octanol–water partition coefficient (Wildman–Crippen LogP) is -0.220. The number of aromatic nitrogens is 1. The molecule has 1 saturated heterocycles. The van der Waals surface area contributed by atoms with E-state index in [2.05, 4.69) is 5.32 Å². The summed E-state index contributed by atoms with van der Waals surface area (Å²) in [6.07, 6.45) is 4.96. The Morgan fingerprint density at radius 1 is 1.17 bits per heavy atom. The number of Topliss-reactive ketones (excluding diaryl/α,β-unsaturated/α-hetero) is 1. The highest BCUT2D eigenvalue weighted by Gasteiger charge is 2.49. The van der Waals surface area contributed by atoms with Crippen LogP contribution in [0.1, 0.15) is 29.6 Å². The minimum absolute atomic E-state index is 0.0236. The van der Waals surface area contributed by atoms with Crippen LogP contribution >= 0.6 is 11.8 Å². The Morgan fingerprint density at radius 2 is 1.87 bits per heavy atom. The van der Waals surface area contributed by atoms with Gasteiger partial charge in [-0.2, -0.15) is 0 Å². The smallest absolute Gasteiger partial charge is 0.372 e. The molecule has 3 heterocycles. The fraction of sp³-hybridized carbons (Fsp3) is 0.368. The highest BCUT2D eigenvalue weighted by Crippen LogP contribution is 2.36. The second-order valence-corrected chi connectivity index (χ2v) is 8.03. The molecule has 2 aliphatic heterocycles. The monoisotopic (exact) mass is 434 g/mol. The number of carbonyl (C=O) groups excluding carboxylic acids is 3. The third-order valence-corrected chi connectivity index (χ3v) is 6.11. The highest BCUT2D eigenvalue weighted by atomic mass is 32.2. The van der Waals surface area contributed by atoms with Gasteiger partial charge in [0.2, 0.25) is 11.7 Å². The van der Waals surface area contributed by atoms with Crippen molar-refractivity contribution in [1.82, 2.24) is 10.2 Å². The average Bonchev–Trinajstić information content (AvgIpc) is 2.72. The molecule has 2 aliphatic rings. The molecule has 0 aromatic carbocycles. The summed E-state index contributed by atoms with van der Waals surface area (Å²) in [5, 5.41) is 19.9. The fourth-order valence-electron chi connectivity index (χ4n) is 3.15. The molecule has 11 heteroatoms. The van der Waals surface area contributed by atoms with E-state index in [-0.39, 0.29) is 36.1 Å². The summed E-state index contributed by atoms with van der Waals surface area (Å²) < 4.78 is 1.82. The number of nitrogens with one attached hydrogen (secondary N) is 1. The van der Waals surface area contributed by atoms with Gasteiger partial charge >= 0.3 is 11.9 Å². The number of fused-ring (bicyclic) bond motifs is 1. The lowest BCUT2D eigenvalue weighted by molar-refractivity contribution is -0.689. The number of hydrogen-bond donors (Lipinski definition) is 3. The Kier molecular flexibility index (Phi) is 6.50. The molecule has 0 aliphatic carbocycles. The number of carboxylic acid groups (broad SMARTS) is 2. The van der Waals surface area contributed by atoms with E-state index >= 15 is 0 Å². The summed E-state index contributed by atoms with van der Waals surface area (Å²) in [7, 11) is 0. The normalized spacial score (nSPS) is 19.9. The SMILES string of the molecule is O=C(CCCC(=O)C(=O)O)NC1C(=O)N2C=C(C[n+]3ccc(C(=O)O)cc3)CS[C@@H]12. The van der Waals surface area contributed by atoms with Crippen molar-refractivity contribution >= 4 is 41.3 Å². The van der Waals surface area contributed by atoms with Gasteiger partial charge in [-0.25, -0.2) is 14.2 Å². The van der Waals surface area contributed by atoms with Gasteiger partial charge in [0.05, 0.1) is 5.56 Å². The lowest BCUT2D eigenvalue weighted by Crippen LogP contribution is -2.68. The first-order valence-electron chi connectivity index (χ1n) is 9.17. The standard InChI is InChI=1S/C19H19N3O7S/c23-13(19(28)29)2-1-3-14(24)20-15-16(25)22-9-11(10-30-17(15)22)8-21-6-4-12(5-7-21)18(26)27/h4-7,9,15,17H,1-3,8,10H2,(H2-,20,24,26,27,28,29)/p+1/t15?,17-/m0/s1. The Balaban J connectivity index is 1.49. The Morgan fingerprint density at radius 3 is 2.50 bits per heavy atom. The summed E-state index contributed by atoms with van der Waals surface area (Å²) in [4.78, 5) is 58.3. The zero-order valence-corrected chi connectivity index (χ0v) is 16.6. The van der Waals surface area contributed by atoms with E-state index in [0.717, 1.165) is 5.57 Å². The highest BCUT2D eigenvalue weighted by molar-refractivity contribution is 8.00. The summed E-state index contributed by atoms with van der Waals surface area (Å²) in [6, 6.07) is 2.37. The molecular weight excluding hydrogens is 414 g/mol. The minimum atomic E-state index is -1.52. The molecule has 1 unspecified atom stereocenters. The van der Waals surface area contributed by atoms with Gasteiger partial charge in [0, 0.05) is 42.5 Å². The van der Waals surface area contributed by atoms with Crippen molar-refractivity contribution in [2.75, 3.05) is 5.75 Å². The summed E-state index contributed by atoms with van der Waals surface area (Å²) in [5.41, 5.74) is 1.18. The number of aromatic carboxylic acids is 1. The lowest BCUT2D eigenvalue weighted by Gasteiger charge is -2.47. The van der Waals surface area contributed by atoms with Crippen molar-refractivity contribution in [3.63, 3.8) is 0 Å². The van der Waals surface area contributed by atoms with Gasteiger partial charge in [0.1, 0.15) is 11.4 Å². The van der Waals surface area contributed by atoms with Gasteiger partial charge in [-0.1, -0.05) is 0 Å². The molecule has 3 N–H and O–H groups in total. The van der Waals surface area contributed by atoms with Gasteiger partial charge in [-0.15, -0.1) is 11.8 Å². The Labute approximate surface area is 175 Å². The number of rotatable bonds is 9. The van der Waals surface area contributed by atoms with Gasteiger partial charge in [0.15, 0.2) is 18.9 Å².